The minimum Gasteiger partial charge on any atom is -0.454 e. The number of para-hydroxylation sites is 1. The van der Waals surface area contributed by atoms with Gasteiger partial charge in [-0.3, -0.25) is 4.98 Å². The molecule has 0 saturated heterocycles. The monoisotopic (exact) mass is 474 g/mol. The lowest BCUT2D eigenvalue weighted by Crippen LogP contribution is -2.11. The number of rotatable bonds is 4. The summed E-state index contributed by atoms with van der Waals surface area (Å²) in [6, 6.07) is 21.7. The van der Waals surface area contributed by atoms with Gasteiger partial charge in [0.2, 0.25) is 4.80 Å². The quantitative estimate of drug-likeness (QED) is 0.289. The molecule has 0 spiro atoms. The highest BCUT2D eigenvalue weighted by Gasteiger charge is 2.13. The van der Waals surface area contributed by atoms with Crippen molar-refractivity contribution in [2.45, 2.75) is 0 Å². The van der Waals surface area contributed by atoms with Gasteiger partial charge in [0.1, 0.15) is 11.3 Å². The topological polar surface area (TPSA) is 55.7 Å². The Morgan fingerprint density at radius 2 is 1.90 bits per heavy atom. The van der Waals surface area contributed by atoms with Gasteiger partial charge in [-0.25, -0.2) is 9.67 Å². The molecule has 3 aromatic heterocycles. The largest absolute Gasteiger partial charge is 0.454 e. The van der Waals surface area contributed by atoms with Crippen LogP contribution in [0, 0.1) is 0 Å². The Morgan fingerprint density at radius 3 is 2.70 bits per heavy atom. The fraction of sp³-hybridized carbons (Fsp3) is 0. The molecule has 146 valence electrons. The summed E-state index contributed by atoms with van der Waals surface area (Å²) in [5.74, 6) is 0.744. The van der Waals surface area contributed by atoms with Gasteiger partial charge in [0.05, 0.1) is 18.1 Å². The van der Waals surface area contributed by atoms with Crippen molar-refractivity contribution in [1.82, 2.24) is 9.66 Å². The first-order valence-electron chi connectivity index (χ1n) is 9.20. The molecule has 0 unspecified atom stereocenters. The van der Waals surface area contributed by atoms with E-state index in [2.05, 4.69) is 20.9 Å². The van der Waals surface area contributed by atoms with Gasteiger partial charge in [0.25, 0.3) is 0 Å². The van der Waals surface area contributed by atoms with Gasteiger partial charge in [-0.15, -0.1) is 11.3 Å². The summed E-state index contributed by atoms with van der Waals surface area (Å²) in [5, 5.41) is 7.78. The molecule has 0 radical (unpaired) electrons. The zero-order valence-electron chi connectivity index (χ0n) is 15.6. The number of hydrogen-bond donors (Lipinski definition) is 0. The van der Waals surface area contributed by atoms with Crippen LogP contribution < -0.4 is 4.80 Å². The number of nitrogens with zero attached hydrogens (tertiary/aromatic N) is 4. The van der Waals surface area contributed by atoms with E-state index in [9.17, 15) is 0 Å². The van der Waals surface area contributed by atoms with Crippen LogP contribution in [0.15, 0.2) is 103 Å². The van der Waals surface area contributed by atoms with Crippen LogP contribution in [0.2, 0.25) is 0 Å². The average Bonchev–Trinajstić information content (AvgIpc) is 3.38. The molecule has 0 aliphatic carbocycles. The predicted molar refractivity (Wildman–Crippen MR) is 124 cm³/mol. The van der Waals surface area contributed by atoms with Crippen molar-refractivity contribution in [3.63, 3.8) is 0 Å². The third-order valence-corrected chi connectivity index (χ3v) is 5.77. The Kier molecular flexibility index (Phi) is 5.13. The Morgan fingerprint density at radius 1 is 1.03 bits per heavy atom. The van der Waals surface area contributed by atoms with Crippen molar-refractivity contribution in [1.29, 1.82) is 0 Å². The highest BCUT2D eigenvalue weighted by molar-refractivity contribution is 9.10. The lowest BCUT2D eigenvalue weighted by atomic mass is 10.2. The van der Waals surface area contributed by atoms with E-state index in [1.54, 1.807) is 17.1 Å². The summed E-state index contributed by atoms with van der Waals surface area (Å²) in [5.41, 5.74) is 3.43. The average molecular weight is 475 g/mol. The smallest absolute Gasteiger partial charge is 0.211 e. The van der Waals surface area contributed by atoms with E-state index in [1.807, 2.05) is 78.3 Å². The maximum Gasteiger partial charge on any atom is 0.211 e. The molecule has 0 aliphatic rings. The molecule has 5 rings (SSSR count). The highest BCUT2D eigenvalue weighted by atomic mass is 79.9. The number of fused-ring (bicyclic) bond motifs is 1. The van der Waals surface area contributed by atoms with Crippen LogP contribution in [0.5, 0.6) is 0 Å². The normalized spacial score (nSPS) is 12.2. The number of hydrogen-bond acceptors (Lipinski definition) is 5. The molecule has 7 heteroatoms. The van der Waals surface area contributed by atoms with Gasteiger partial charge in [0, 0.05) is 21.4 Å². The fourth-order valence-corrected chi connectivity index (χ4v) is 4.07. The molecule has 0 amide bonds. The van der Waals surface area contributed by atoms with Crippen LogP contribution in [0.1, 0.15) is 5.56 Å². The van der Waals surface area contributed by atoms with Crippen LogP contribution in [-0.2, 0) is 0 Å². The zero-order chi connectivity index (χ0) is 20.3. The second-order valence-corrected chi connectivity index (χ2v) is 8.24. The van der Waals surface area contributed by atoms with Gasteiger partial charge >= 0.3 is 0 Å². The SMILES string of the molecule is Brc1ccc(C=Nn2c(-c3cc4ccccc4o3)csc2=Nc2cccnc2)cc1. The number of benzene rings is 2. The molecule has 0 N–H and O–H groups in total. The van der Waals surface area contributed by atoms with E-state index < -0.39 is 0 Å². The summed E-state index contributed by atoms with van der Waals surface area (Å²) >= 11 is 4.96. The first-order chi connectivity index (χ1) is 14.8. The molecule has 0 bridgehead atoms. The van der Waals surface area contributed by atoms with Crippen molar-refractivity contribution in [2.75, 3.05) is 0 Å². The van der Waals surface area contributed by atoms with Gasteiger partial charge in [-0.2, -0.15) is 5.10 Å². The lowest BCUT2D eigenvalue weighted by molar-refractivity contribution is 0.622. The van der Waals surface area contributed by atoms with E-state index >= 15 is 0 Å². The summed E-state index contributed by atoms with van der Waals surface area (Å²) < 4.78 is 8.91. The van der Waals surface area contributed by atoms with E-state index in [1.165, 1.54) is 11.3 Å². The first-order valence-corrected chi connectivity index (χ1v) is 10.9. The molecule has 0 aliphatic heterocycles. The highest BCUT2D eigenvalue weighted by Crippen LogP contribution is 2.28. The number of thiazole rings is 1. The Hall–Kier alpha value is -3.29. The Labute approximate surface area is 184 Å². The van der Waals surface area contributed by atoms with Crippen LogP contribution in [-0.4, -0.2) is 15.9 Å². The summed E-state index contributed by atoms with van der Waals surface area (Å²) in [6.07, 6.45) is 5.27. The van der Waals surface area contributed by atoms with Gasteiger partial charge in [0.15, 0.2) is 5.76 Å². The molecular weight excluding hydrogens is 460 g/mol. The van der Waals surface area contributed by atoms with E-state index in [4.69, 9.17) is 14.5 Å². The third kappa shape index (κ3) is 3.90. The number of halogens is 1. The first kappa shape index (κ1) is 18.7. The maximum atomic E-state index is 6.08. The zero-order valence-corrected chi connectivity index (χ0v) is 18.0. The van der Waals surface area contributed by atoms with Crippen LogP contribution in [0.25, 0.3) is 22.4 Å². The molecule has 0 fully saturated rings. The van der Waals surface area contributed by atoms with Crippen molar-refractivity contribution < 1.29 is 4.42 Å². The molecule has 5 nitrogen and oxygen atoms in total. The second-order valence-electron chi connectivity index (χ2n) is 6.48. The second kappa shape index (κ2) is 8.22. The van der Waals surface area contributed by atoms with E-state index in [0.29, 0.717) is 0 Å². The molecule has 0 saturated carbocycles. The standard InChI is InChI=1S/C23H15BrN4OS/c24-18-9-7-16(8-10-18)13-26-28-20(22-12-17-4-1-2-6-21(17)29-22)15-30-23(28)27-19-5-3-11-25-14-19/h1-15H. The maximum absolute atomic E-state index is 6.08. The minimum absolute atomic E-state index is 0.729. The summed E-state index contributed by atoms with van der Waals surface area (Å²) in [6.45, 7) is 0. The Balaban J connectivity index is 1.65. The minimum atomic E-state index is 0.729. The van der Waals surface area contributed by atoms with Gasteiger partial charge < -0.3 is 4.42 Å². The number of pyridine rings is 1. The fourth-order valence-electron chi connectivity index (χ4n) is 2.97. The lowest BCUT2D eigenvalue weighted by Gasteiger charge is -2.01. The molecular formula is C23H15BrN4OS. The van der Waals surface area contributed by atoms with Crippen LogP contribution in [0.3, 0.4) is 0 Å². The van der Waals surface area contributed by atoms with Crippen LogP contribution in [0.4, 0.5) is 5.69 Å². The Bertz CT molecular complexity index is 1370. The molecule has 5 aromatic rings. The van der Waals surface area contributed by atoms with Gasteiger partial charge in [-0.05, 0) is 42.0 Å². The summed E-state index contributed by atoms with van der Waals surface area (Å²) in [4.78, 5) is 9.60. The van der Waals surface area contributed by atoms with Crippen molar-refractivity contribution in [3.8, 4) is 11.5 Å². The molecule has 3 heterocycles. The van der Waals surface area contributed by atoms with Crippen molar-refractivity contribution in [2.24, 2.45) is 10.1 Å². The molecule has 2 aromatic carbocycles. The number of furan rings is 1. The number of aromatic nitrogens is 2. The molecule has 30 heavy (non-hydrogen) atoms. The van der Waals surface area contributed by atoms with Crippen molar-refractivity contribution >= 4 is 50.1 Å². The summed E-state index contributed by atoms with van der Waals surface area (Å²) in [7, 11) is 0. The molecule has 0 atom stereocenters. The van der Waals surface area contributed by atoms with E-state index in [-0.39, 0.29) is 0 Å². The third-order valence-electron chi connectivity index (χ3n) is 4.43. The van der Waals surface area contributed by atoms with Crippen LogP contribution >= 0.6 is 27.3 Å². The van der Waals surface area contributed by atoms with Crippen molar-refractivity contribution in [3.05, 3.63) is 99.3 Å². The predicted octanol–water partition coefficient (Wildman–Crippen LogP) is 6.23. The van der Waals surface area contributed by atoms with E-state index in [0.717, 1.165) is 42.9 Å². The van der Waals surface area contributed by atoms with Gasteiger partial charge in [-0.1, -0.05) is 46.3 Å².